The second kappa shape index (κ2) is 10.6. The number of pyridine rings is 1. The van der Waals surface area contributed by atoms with Crippen LogP contribution in [0.5, 0.6) is 0 Å². The molecule has 0 radical (unpaired) electrons. The molecule has 1 aliphatic heterocycles. The van der Waals surface area contributed by atoms with E-state index in [1.807, 2.05) is 10.6 Å². The Hall–Kier alpha value is -4.84. The number of nitrogens with one attached hydrogen (secondary N) is 1. The summed E-state index contributed by atoms with van der Waals surface area (Å²) in [5.41, 5.74) is 0.943. The first-order chi connectivity index (χ1) is 19.8. The van der Waals surface area contributed by atoms with Gasteiger partial charge in [-0.1, -0.05) is 18.2 Å². The molecule has 5 aromatic rings. The highest BCUT2D eigenvalue weighted by molar-refractivity contribution is 6.04. The van der Waals surface area contributed by atoms with Gasteiger partial charge in [0.25, 0.3) is 11.5 Å². The monoisotopic (exact) mass is 560 g/mol. The van der Waals surface area contributed by atoms with Gasteiger partial charge in [-0.15, -0.1) is 0 Å². The number of anilines is 1. The molecule has 1 amide bonds. The van der Waals surface area contributed by atoms with Gasteiger partial charge in [0, 0.05) is 29.7 Å². The van der Waals surface area contributed by atoms with Crippen molar-refractivity contribution in [2.75, 3.05) is 11.9 Å². The van der Waals surface area contributed by atoms with Crippen LogP contribution >= 0.6 is 0 Å². The van der Waals surface area contributed by atoms with Crippen LogP contribution in [-0.2, 0) is 10.9 Å². The van der Waals surface area contributed by atoms with Crippen LogP contribution in [0.25, 0.3) is 28.1 Å². The summed E-state index contributed by atoms with van der Waals surface area (Å²) in [7, 11) is 0. The van der Waals surface area contributed by atoms with Crippen molar-refractivity contribution in [3.63, 3.8) is 0 Å². The highest BCUT2D eigenvalue weighted by atomic mass is 19.4. The predicted octanol–water partition coefficient (Wildman–Crippen LogP) is 5.61. The molecule has 208 valence electrons. The zero-order valence-electron chi connectivity index (χ0n) is 21.5. The third kappa shape index (κ3) is 5.21. The Morgan fingerprint density at radius 1 is 1.00 bits per heavy atom. The number of imidazole rings is 1. The fourth-order valence-electron chi connectivity index (χ4n) is 4.86. The van der Waals surface area contributed by atoms with E-state index in [1.165, 1.54) is 36.8 Å². The Balaban J connectivity index is 1.28. The number of aromatic nitrogens is 5. The number of halogens is 3. The first-order valence-electron chi connectivity index (χ1n) is 12.9. The van der Waals surface area contributed by atoms with Gasteiger partial charge >= 0.3 is 6.18 Å². The number of fused-ring (bicyclic) bond motifs is 1. The molecule has 41 heavy (non-hydrogen) atoms. The summed E-state index contributed by atoms with van der Waals surface area (Å²) in [6, 6.07) is 14.0. The number of alkyl halides is 3. The van der Waals surface area contributed by atoms with Crippen LogP contribution in [-0.4, -0.2) is 36.6 Å². The third-order valence-electron chi connectivity index (χ3n) is 6.86. The minimum atomic E-state index is -4.57. The standard InChI is InChI=1S/C29H23F3N6O3/c30-29(31,32)19-7-4-9-21(15-19)37-12-5-10-22(28(37)40)27(39)36-20-8-3-6-18(14-20)24-25-26(34-16-33-24)38(17-35-25)23-11-1-2-13-41-23/h3-10,12,14-17,23H,1-2,11,13H2,(H,36,39). The lowest BCUT2D eigenvalue weighted by Gasteiger charge is -2.23. The van der Waals surface area contributed by atoms with Crippen molar-refractivity contribution in [1.29, 1.82) is 0 Å². The van der Waals surface area contributed by atoms with Crippen molar-refractivity contribution in [3.8, 4) is 16.9 Å². The fourth-order valence-corrected chi connectivity index (χ4v) is 4.86. The number of carbonyl (C=O) groups excluding carboxylic acids is 1. The van der Waals surface area contributed by atoms with E-state index in [0.717, 1.165) is 36.0 Å². The zero-order valence-corrected chi connectivity index (χ0v) is 21.5. The number of nitrogens with zero attached hydrogens (tertiary/aromatic N) is 5. The van der Waals surface area contributed by atoms with E-state index >= 15 is 0 Å². The molecule has 1 atom stereocenters. The minimum absolute atomic E-state index is 0.00712. The molecule has 12 heteroatoms. The molecule has 9 nitrogen and oxygen atoms in total. The quantitative estimate of drug-likeness (QED) is 0.300. The molecule has 1 N–H and O–H groups in total. The topological polar surface area (TPSA) is 104 Å². The number of hydrogen-bond acceptors (Lipinski definition) is 6. The van der Waals surface area contributed by atoms with Gasteiger partial charge in [-0.25, -0.2) is 15.0 Å². The SMILES string of the molecule is O=C(Nc1cccc(-c2ncnc3c2ncn3C2CCCCO2)c1)c1cccn(-c2cccc(C(F)(F)F)c2)c1=O. The van der Waals surface area contributed by atoms with Gasteiger partial charge in [-0.05, 0) is 61.7 Å². The average Bonchev–Trinajstić information content (AvgIpc) is 3.42. The second-order valence-electron chi connectivity index (χ2n) is 9.55. The van der Waals surface area contributed by atoms with Crippen LogP contribution in [0.1, 0.15) is 41.4 Å². The van der Waals surface area contributed by atoms with Gasteiger partial charge in [0.1, 0.15) is 29.3 Å². The van der Waals surface area contributed by atoms with Crippen molar-refractivity contribution in [2.45, 2.75) is 31.7 Å². The number of benzene rings is 2. The first-order valence-corrected chi connectivity index (χ1v) is 12.9. The number of hydrogen-bond donors (Lipinski definition) is 1. The lowest BCUT2D eigenvalue weighted by atomic mass is 10.1. The molecule has 0 aliphatic carbocycles. The largest absolute Gasteiger partial charge is 0.416 e. The van der Waals surface area contributed by atoms with E-state index in [1.54, 1.807) is 24.5 Å². The molecule has 1 unspecified atom stereocenters. The van der Waals surface area contributed by atoms with Crippen LogP contribution in [0.15, 0.2) is 84.3 Å². The Bertz CT molecular complexity index is 1810. The summed E-state index contributed by atoms with van der Waals surface area (Å²) in [6.45, 7) is 0.677. The molecule has 4 heterocycles. The molecule has 2 aromatic carbocycles. The number of carbonyl (C=O) groups is 1. The summed E-state index contributed by atoms with van der Waals surface area (Å²) in [6.07, 6.45) is 2.66. The van der Waals surface area contributed by atoms with Crippen molar-refractivity contribution in [2.24, 2.45) is 0 Å². The maximum atomic E-state index is 13.2. The Morgan fingerprint density at radius 2 is 1.85 bits per heavy atom. The molecular weight excluding hydrogens is 537 g/mol. The lowest BCUT2D eigenvalue weighted by Crippen LogP contribution is -2.28. The number of rotatable bonds is 5. The molecule has 0 spiro atoms. The van der Waals surface area contributed by atoms with Crippen molar-refractivity contribution >= 4 is 22.8 Å². The van der Waals surface area contributed by atoms with Gasteiger partial charge in [0.2, 0.25) is 0 Å². The van der Waals surface area contributed by atoms with Crippen LogP contribution in [0.2, 0.25) is 0 Å². The van der Waals surface area contributed by atoms with E-state index in [-0.39, 0.29) is 17.5 Å². The Kier molecular flexibility index (Phi) is 6.83. The summed E-state index contributed by atoms with van der Waals surface area (Å²) < 4.78 is 48.4. The van der Waals surface area contributed by atoms with Gasteiger partial charge < -0.3 is 10.1 Å². The van der Waals surface area contributed by atoms with E-state index < -0.39 is 23.2 Å². The summed E-state index contributed by atoms with van der Waals surface area (Å²) >= 11 is 0. The van der Waals surface area contributed by atoms with Gasteiger partial charge in [0.05, 0.1) is 11.9 Å². The maximum Gasteiger partial charge on any atom is 0.416 e. The maximum absolute atomic E-state index is 13.2. The fraction of sp³-hybridized carbons (Fsp3) is 0.207. The Morgan fingerprint density at radius 3 is 2.66 bits per heavy atom. The van der Waals surface area contributed by atoms with Crippen molar-refractivity contribution < 1.29 is 22.7 Å². The van der Waals surface area contributed by atoms with Crippen molar-refractivity contribution in [3.05, 3.63) is 101 Å². The van der Waals surface area contributed by atoms with Gasteiger partial charge in [-0.2, -0.15) is 13.2 Å². The zero-order chi connectivity index (χ0) is 28.6. The van der Waals surface area contributed by atoms with Crippen LogP contribution in [0.4, 0.5) is 18.9 Å². The molecule has 0 saturated carbocycles. The number of ether oxygens (including phenoxy) is 1. The predicted molar refractivity (Wildman–Crippen MR) is 145 cm³/mol. The molecule has 0 bridgehead atoms. The molecule has 1 fully saturated rings. The number of amides is 1. The van der Waals surface area contributed by atoms with Gasteiger partial charge in [0.15, 0.2) is 5.65 Å². The summed E-state index contributed by atoms with van der Waals surface area (Å²) in [4.78, 5) is 39.6. The molecule has 1 aliphatic rings. The smallest absolute Gasteiger partial charge is 0.358 e. The van der Waals surface area contributed by atoms with E-state index in [4.69, 9.17) is 4.74 Å². The van der Waals surface area contributed by atoms with Crippen LogP contribution < -0.4 is 10.9 Å². The minimum Gasteiger partial charge on any atom is -0.358 e. The van der Waals surface area contributed by atoms with E-state index in [0.29, 0.717) is 34.7 Å². The second-order valence-corrected chi connectivity index (χ2v) is 9.55. The highest BCUT2D eigenvalue weighted by Crippen LogP contribution is 2.31. The average molecular weight is 561 g/mol. The lowest BCUT2D eigenvalue weighted by molar-refractivity contribution is -0.137. The van der Waals surface area contributed by atoms with Gasteiger partial charge in [-0.3, -0.25) is 18.7 Å². The third-order valence-corrected chi connectivity index (χ3v) is 6.86. The van der Waals surface area contributed by atoms with E-state index in [2.05, 4.69) is 20.3 Å². The molecule has 3 aromatic heterocycles. The van der Waals surface area contributed by atoms with Crippen molar-refractivity contribution in [1.82, 2.24) is 24.1 Å². The summed E-state index contributed by atoms with van der Waals surface area (Å²) in [5, 5.41) is 2.71. The summed E-state index contributed by atoms with van der Waals surface area (Å²) in [5.74, 6) is -0.708. The van der Waals surface area contributed by atoms with Crippen LogP contribution in [0, 0.1) is 0 Å². The molecule has 1 saturated heterocycles. The molecular formula is C29H23F3N6O3. The van der Waals surface area contributed by atoms with E-state index in [9.17, 15) is 22.8 Å². The van der Waals surface area contributed by atoms with Crippen LogP contribution in [0.3, 0.4) is 0 Å². The first kappa shape index (κ1) is 26.4. The Labute approximate surface area is 231 Å². The normalized spacial score (nSPS) is 15.6. The molecule has 6 rings (SSSR count). The highest BCUT2D eigenvalue weighted by Gasteiger charge is 2.30.